The maximum atomic E-state index is 10.5. The third-order valence-corrected chi connectivity index (χ3v) is 5.30. The van der Waals surface area contributed by atoms with Crippen LogP contribution in [0.25, 0.3) is 10.8 Å². The summed E-state index contributed by atoms with van der Waals surface area (Å²) in [7, 11) is 3.38. The van der Waals surface area contributed by atoms with Gasteiger partial charge in [0, 0.05) is 30.3 Å². The molecule has 0 aromatic heterocycles. The summed E-state index contributed by atoms with van der Waals surface area (Å²) in [6.45, 7) is 1.46. The summed E-state index contributed by atoms with van der Waals surface area (Å²) < 4.78 is 11.0. The summed E-state index contributed by atoms with van der Waals surface area (Å²) in [6, 6.07) is 18.5. The monoisotopic (exact) mass is 363 g/mol. The van der Waals surface area contributed by atoms with Gasteiger partial charge in [0.15, 0.2) is 0 Å². The van der Waals surface area contributed by atoms with Crippen LogP contribution < -0.4 is 9.47 Å². The number of rotatable bonds is 7. The Kier molecular flexibility index (Phi) is 4.90. The van der Waals surface area contributed by atoms with Crippen LogP contribution in [0.1, 0.15) is 24.0 Å². The average Bonchev–Trinajstić information content (AvgIpc) is 3.54. The van der Waals surface area contributed by atoms with Crippen molar-refractivity contribution in [2.24, 2.45) is 0 Å². The van der Waals surface area contributed by atoms with Gasteiger partial charge in [0.05, 0.1) is 14.2 Å². The van der Waals surface area contributed by atoms with Crippen molar-refractivity contribution >= 4 is 10.8 Å². The molecule has 0 bridgehead atoms. The van der Waals surface area contributed by atoms with Crippen molar-refractivity contribution in [3.05, 3.63) is 65.7 Å². The summed E-state index contributed by atoms with van der Waals surface area (Å²) in [4.78, 5) is 2.43. The largest absolute Gasteiger partial charge is 0.508 e. The van der Waals surface area contributed by atoms with Crippen LogP contribution in [-0.4, -0.2) is 30.3 Å². The Morgan fingerprint density at radius 3 is 2.52 bits per heavy atom. The van der Waals surface area contributed by atoms with E-state index in [9.17, 15) is 5.11 Å². The summed E-state index contributed by atoms with van der Waals surface area (Å²) in [5.74, 6) is 2.05. The van der Waals surface area contributed by atoms with Crippen LogP contribution in [0.5, 0.6) is 17.2 Å². The van der Waals surface area contributed by atoms with Gasteiger partial charge in [-0.1, -0.05) is 30.3 Å². The molecule has 3 aromatic carbocycles. The van der Waals surface area contributed by atoms with E-state index in [1.54, 1.807) is 20.3 Å². The van der Waals surface area contributed by atoms with Gasteiger partial charge in [-0.05, 0) is 47.9 Å². The highest BCUT2D eigenvalue weighted by Crippen LogP contribution is 2.36. The van der Waals surface area contributed by atoms with E-state index in [0.29, 0.717) is 18.3 Å². The molecule has 0 saturated heterocycles. The third kappa shape index (κ3) is 3.71. The minimum absolute atomic E-state index is 0.358. The molecule has 0 unspecified atom stereocenters. The highest BCUT2D eigenvalue weighted by Gasteiger charge is 2.30. The molecule has 1 saturated carbocycles. The van der Waals surface area contributed by atoms with Gasteiger partial charge in [-0.15, -0.1) is 0 Å². The molecule has 4 heteroatoms. The molecule has 4 rings (SSSR count). The lowest BCUT2D eigenvalue weighted by molar-refractivity contribution is 0.239. The van der Waals surface area contributed by atoms with Gasteiger partial charge < -0.3 is 14.6 Å². The summed E-state index contributed by atoms with van der Waals surface area (Å²) in [5, 5.41) is 12.8. The zero-order valence-electron chi connectivity index (χ0n) is 15.8. The Labute approximate surface area is 160 Å². The van der Waals surface area contributed by atoms with Gasteiger partial charge in [-0.2, -0.15) is 0 Å². The van der Waals surface area contributed by atoms with Crippen LogP contribution in [0, 0.1) is 0 Å². The maximum absolute atomic E-state index is 10.5. The fourth-order valence-electron chi connectivity index (χ4n) is 3.67. The second kappa shape index (κ2) is 7.49. The highest BCUT2D eigenvalue weighted by atomic mass is 16.5. The number of hydrogen-bond acceptors (Lipinski definition) is 4. The van der Waals surface area contributed by atoms with E-state index in [1.165, 1.54) is 12.8 Å². The number of phenolic OH excluding ortho intramolecular Hbond substituents is 1. The molecule has 0 heterocycles. The number of ether oxygens (including phenoxy) is 2. The number of phenols is 1. The number of hydrogen-bond donors (Lipinski definition) is 1. The van der Waals surface area contributed by atoms with E-state index < -0.39 is 0 Å². The Morgan fingerprint density at radius 2 is 1.78 bits per heavy atom. The van der Waals surface area contributed by atoms with E-state index in [-0.39, 0.29) is 0 Å². The van der Waals surface area contributed by atoms with E-state index in [0.717, 1.165) is 39.9 Å². The van der Waals surface area contributed by atoms with Crippen LogP contribution in [0.4, 0.5) is 0 Å². The Morgan fingerprint density at radius 1 is 0.963 bits per heavy atom. The van der Waals surface area contributed by atoms with Crippen LogP contribution in [-0.2, 0) is 13.1 Å². The van der Waals surface area contributed by atoms with Crippen molar-refractivity contribution in [2.75, 3.05) is 14.2 Å². The minimum atomic E-state index is 0.358. The maximum Gasteiger partial charge on any atom is 0.123 e. The van der Waals surface area contributed by atoms with Crippen molar-refractivity contribution in [1.29, 1.82) is 0 Å². The number of nitrogens with zero attached hydrogens (tertiary/aromatic N) is 1. The molecule has 0 atom stereocenters. The number of benzene rings is 3. The van der Waals surface area contributed by atoms with Gasteiger partial charge in [0.1, 0.15) is 17.2 Å². The predicted molar refractivity (Wildman–Crippen MR) is 107 cm³/mol. The van der Waals surface area contributed by atoms with Crippen LogP contribution in [0.3, 0.4) is 0 Å². The van der Waals surface area contributed by atoms with Crippen LogP contribution in [0.2, 0.25) is 0 Å². The third-order valence-electron chi connectivity index (χ3n) is 5.30. The molecule has 4 nitrogen and oxygen atoms in total. The molecule has 1 aliphatic carbocycles. The smallest absolute Gasteiger partial charge is 0.123 e. The molecule has 0 spiro atoms. The lowest BCUT2D eigenvalue weighted by atomic mass is 10.0. The first-order valence-electron chi connectivity index (χ1n) is 9.34. The van der Waals surface area contributed by atoms with E-state index in [1.807, 2.05) is 36.4 Å². The van der Waals surface area contributed by atoms with Gasteiger partial charge in [0.25, 0.3) is 0 Å². The Bertz CT molecular complexity index is 950. The minimum Gasteiger partial charge on any atom is -0.508 e. The molecule has 140 valence electrons. The van der Waals surface area contributed by atoms with E-state index >= 15 is 0 Å². The number of aromatic hydroxyl groups is 1. The zero-order chi connectivity index (χ0) is 18.8. The van der Waals surface area contributed by atoms with Crippen molar-refractivity contribution in [2.45, 2.75) is 32.0 Å². The summed E-state index contributed by atoms with van der Waals surface area (Å²) >= 11 is 0. The highest BCUT2D eigenvalue weighted by molar-refractivity contribution is 5.87. The first-order chi connectivity index (χ1) is 13.2. The molecule has 3 aromatic rings. The number of fused-ring (bicyclic) bond motifs is 1. The summed E-state index contributed by atoms with van der Waals surface area (Å²) in [5.41, 5.74) is 2.09. The topological polar surface area (TPSA) is 41.9 Å². The lowest BCUT2D eigenvalue weighted by Gasteiger charge is -2.24. The normalized spacial score (nSPS) is 13.9. The molecule has 1 fully saturated rings. The van der Waals surface area contributed by atoms with E-state index in [4.69, 9.17) is 9.47 Å². The quantitative estimate of drug-likeness (QED) is 0.659. The average molecular weight is 363 g/mol. The second-order valence-electron chi connectivity index (χ2n) is 7.10. The molecule has 0 amide bonds. The van der Waals surface area contributed by atoms with Crippen molar-refractivity contribution < 1.29 is 14.6 Å². The number of methoxy groups -OCH3 is 2. The second-order valence-corrected chi connectivity index (χ2v) is 7.10. The SMILES string of the molecule is COc1ccc(OC)c(CN(Cc2c(O)ccc3ccccc23)C2CC2)c1. The van der Waals surface area contributed by atoms with Crippen molar-refractivity contribution in [1.82, 2.24) is 4.90 Å². The lowest BCUT2D eigenvalue weighted by Crippen LogP contribution is -2.25. The van der Waals surface area contributed by atoms with Gasteiger partial charge in [-0.25, -0.2) is 0 Å². The van der Waals surface area contributed by atoms with Crippen LogP contribution >= 0.6 is 0 Å². The van der Waals surface area contributed by atoms with Crippen LogP contribution in [0.15, 0.2) is 54.6 Å². The standard InChI is InChI=1S/C23H25NO3/c1-26-19-10-12-23(27-2)17(13-19)14-24(18-8-9-18)15-21-20-6-4-3-5-16(20)7-11-22(21)25/h3-7,10-13,18,25H,8-9,14-15H2,1-2H3. The molecule has 0 radical (unpaired) electrons. The fraction of sp³-hybridized carbons (Fsp3) is 0.304. The summed E-state index contributed by atoms with van der Waals surface area (Å²) in [6.07, 6.45) is 2.38. The molecule has 1 aliphatic rings. The van der Waals surface area contributed by atoms with E-state index in [2.05, 4.69) is 17.0 Å². The zero-order valence-corrected chi connectivity index (χ0v) is 15.8. The molecular weight excluding hydrogens is 338 g/mol. The Hall–Kier alpha value is -2.72. The first kappa shape index (κ1) is 17.7. The van der Waals surface area contributed by atoms with Gasteiger partial charge in [-0.3, -0.25) is 4.90 Å². The first-order valence-corrected chi connectivity index (χ1v) is 9.34. The fourth-order valence-corrected chi connectivity index (χ4v) is 3.67. The van der Waals surface area contributed by atoms with Gasteiger partial charge >= 0.3 is 0 Å². The molecule has 27 heavy (non-hydrogen) atoms. The Balaban J connectivity index is 1.67. The molecular formula is C23H25NO3. The molecule has 0 aliphatic heterocycles. The van der Waals surface area contributed by atoms with Gasteiger partial charge in [0.2, 0.25) is 0 Å². The molecule has 1 N–H and O–H groups in total. The predicted octanol–water partition coefficient (Wildman–Crippen LogP) is 4.73. The van der Waals surface area contributed by atoms with Crippen molar-refractivity contribution in [3.63, 3.8) is 0 Å². The van der Waals surface area contributed by atoms with Crippen molar-refractivity contribution in [3.8, 4) is 17.2 Å².